The lowest BCUT2D eigenvalue weighted by Gasteiger charge is -2.18. The number of ether oxygens (including phenoxy) is 1. The molecule has 0 aliphatic carbocycles. The Morgan fingerprint density at radius 1 is 1.07 bits per heavy atom. The zero-order valence-corrected chi connectivity index (χ0v) is 15.8. The maximum atomic E-state index is 12.7. The molecule has 0 unspecified atom stereocenters. The van der Waals surface area contributed by atoms with Crippen molar-refractivity contribution in [2.45, 2.75) is 33.0 Å². The molecule has 5 heteroatoms. The largest absolute Gasteiger partial charge is 0.489 e. The Morgan fingerprint density at radius 2 is 1.81 bits per heavy atom. The molecule has 0 saturated heterocycles. The lowest BCUT2D eigenvalue weighted by molar-refractivity contribution is -0.129. The van der Waals surface area contributed by atoms with Crippen molar-refractivity contribution in [1.29, 1.82) is 0 Å². The van der Waals surface area contributed by atoms with Crippen molar-refractivity contribution in [3.8, 4) is 5.75 Å². The molecular formula is C22H25N3O2. The summed E-state index contributed by atoms with van der Waals surface area (Å²) in [6.45, 7) is 3.89. The molecule has 2 aromatic carbocycles. The average Bonchev–Trinajstić information content (AvgIpc) is 3.15. The first kappa shape index (κ1) is 18.7. The van der Waals surface area contributed by atoms with E-state index in [2.05, 4.69) is 5.10 Å². The van der Waals surface area contributed by atoms with Gasteiger partial charge in [-0.05, 0) is 18.6 Å². The fourth-order valence-corrected chi connectivity index (χ4v) is 2.85. The van der Waals surface area contributed by atoms with Gasteiger partial charge in [0.05, 0.1) is 12.6 Å². The predicted molar refractivity (Wildman–Crippen MR) is 105 cm³/mol. The highest BCUT2D eigenvalue weighted by Gasteiger charge is 2.14. The number of rotatable bonds is 8. The summed E-state index contributed by atoms with van der Waals surface area (Å²) in [6.07, 6.45) is 4.09. The summed E-state index contributed by atoms with van der Waals surface area (Å²) in [6, 6.07) is 17.7. The molecule has 1 aromatic heterocycles. The second kappa shape index (κ2) is 9.03. The number of amides is 1. The lowest BCUT2D eigenvalue weighted by atomic mass is 10.1. The van der Waals surface area contributed by atoms with Crippen molar-refractivity contribution in [3.63, 3.8) is 0 Å². The zero-order chi connectivity index (χ0) is 19.1. The molecule has 1 amide bonds. The molecule has 0 bridgehead atoms. The third kappa shape index (κ3) is 5.20. The minimum Gasteiger partial charge on any atom is -0.489 e. The molecule has 140 valence electrons. The molecule has 0 saturated carbocycles. The minimum absolute atomic E-state index is 0.0509. The van der Waals surface area contributed by atoms with E-state index in [9.17, 15) is 4.79 Å². The van der Waals surface area contributed by atoms with Crippen molar-refractivity contribution in [3.05, 3.63) is 83.7 Å². The number of aryl methyl sites for hydroxylation is 1. The van der Waals surface area contributed by atoms with E-state index in [1.54, 1.807) is 4.90 Å². The van der Waals surface area contributed by atoms with Crippen LogP contribution in [0.5, 0.6) is 5.75 Å². The number of benzene rings is 2. The molecule has 0 aliphatic heterocycles. The van der Waals surface area contributed by atoms with Crippen LogP contribution in [0.25, 0.3) is 0 Å². The van der Waals surface area contributed by atoms with E-state index in [0.29, 0.717) is 19.6 Å². The monoisotopic (exact) mass is 363 g/mol. The summed E-state index contributed by atoms with van der Waals surface area (Å²) in [5.41, 5.74) is 3.03. The van der Waals surface area contributed by atoms with Crippen molar-refractivity contribution in [1.82, 2.24) is 14.7 Å². The van der Waals surface area contributed by atoms with Gasteiger partial charge in [0, 0.05) is 37.5 Å². The number of aromatic nitrogens is 2. The predicted octanol–water partition coefficient (Wildman–Crippen LogP) is 3.68. The highest BCUT2D eigenvalue weighted by molar-refractivity contribution is 5.79. The van der Waals surface area contributed by atoms with Gasteiger partial charge in [0.1, 0.15) is 12.4 Å². The second-order valence-electron chi connectivity index (χ2n) is 6.51. The Kier molecular flexibility index (Phi) is 6.26. The molecule has 5 nitrogen and oxygen atoms in total. The number of hydrogen-bond acceptors (Lipinski definition) is 3. The fraction of sp³-hybridized carbons (Fsp3) is 0.273. The van der Waals surface area contributed by atoms with Gasteiger partial charge >= 0.3 is 0 Å². The normalized spacial score (nSPS) is 10.6. The van der Waals surface area contributed by atoms with Crippen LogP contribution < -0.4 is 4.74 Å². The molecule has 3 aromatic rings. The van der Waals surface area contributed by atoms with Gasteiger partial charge in [0.15, 0.2) is 0 Å². The number of nitrogens with zero attached hydrogens (tertiary/aromatic N) is 3. The van der Waals surface area contributed by atoms with E-state index in [4.69, 9.17) is 4.74 Å². The lowest BCUT2D eigenvalue weighted by Crippen LogP contribution is -2.27. The van der Waals surface area contributed by atoms with Crippen LogP contribution in [0.3, 0.4) is 0 Å². The van der Waals surface area contributed by atoms with Crippen molar-refractivity contribution in [2.75, 3.05) is 7.05 Å². The molecule has 0 N–H and O–H groups in total. The van der Waals surface area contributed by atoms with Crippen molar-refractivity contribution in [2.24, 2.45) is 0 Å². The van der Waals surface area contributed by atoms with E-state index in [1.807, 2.05) is 85.6 Å². The first-order valence-electron chi connectivity index (χ1n) is 9.15. The summed E-state index contributed by atoms with van der Waals surface area (Å²) >= 11 is 0. The van der Waals surface area contributed by atoms with Crippen molar-refractivity contribution < 1.29 is 9.53 Å². The molecule has 1 heterocycles. The van der Waals surface area contributed by atoms with Gasteiger partial charge in [-0.15, -0.1) is 0 Å². The molecule has 0 aliphatic rings. The maximum Gasteiger partial charge on any atom is 0.227 e. The van der Waals surface area contributed by atoms with Gasteiger partial charge in [0.25, 0.3) is 0 Å². The smallest absolute Gasteiger partial charge is 0.227 e. The van der Waals surface area contributed by atoms with Crippen LogP contribution in [0.1, 0.15) is 23.6 Å². The zero-order valence-electron chi connectivity index (χ0n) is 15.8. The minimum atomic E-state index is 0.0509. The van der Waals surface area contributed by atoms with Crippen LogP contribution in [0.15, 0.2) is 67.0 Å². The number of hydrogen-bond donors (Lipinski definition) is 0. The highest BCUT2D eigenvalue weighted by Crippen LogP contribution is 2.21. The van der Waals surface area contributed by atoms with Crippen LogP contribution >= 0.6 is 0 Å². The molecule has 0 atom stereocenters. The Hall–Kier alpha value is -3.08. The van der Waals surface area contributed by atoms with E-state index in [-0.39, 0.29) is 5.91 Å². The Morgan fingerprint density at radius 3 is 2.56 bits per heavy atom. The third-order valence-electron chi connectivity index (χ3n) is 4.41. The second-order valence-corrected chi connectivity index (χ2v) is 6.51. The molecule has 0 spiro atoms. The Labute approximate surface area is 160 Å². The van der Waals surface area contributed by atoms with Crippen LogP contribution in [0, 0.1) is 0 Å². The van der Waals surface area contributed by atoms with E-state index in [0.717, 1.165) is 29.0 Å². The van der Waals surface area contributed by atoms with E-state index < -0.39 is 0 Å². The topological polar surface area (TPSA) is 47.4 Å². The summed E-state index contributed by atoms with van der Waals surface area (Å²) in [5.74, 6) is 0.803. The molecule has 27 heavy (non-hydrogen) atoms. The van der Waals surface area contributed by atoms with Gasteiger partial charge in [-0.25, -0.2) is 0 Å². The van der Waals surface area contributed by atoms with Gasteiger partial charge < -0.3 is 9.64 Å². The molecular weight excluding hydrogens is 338 g/mol. The summed E-state index contributed by atoms with van der Waals surface area (Å²) in [7, 11) is 1.82. The Balaban J connectivity index is 1.61. The summed E-state index contributed by atoms with van der Waals surface area (Å²) in [4.78, 5) is 14.4. The van der Waals surface area contributed by atoms with E-state index in [1.165, 1.54) is 0 Å². The van der Waals surface area contributed by atoms with Crippen LogP contribution in [-0.4, -0.2) is 27.6 Å². The summed E-state index contributed by atoms with van der Waals surface area (Å²) < 4.78 is 7.82. The SMILES string of the molecule is CCn1cc(CN(C)C(=O)Cc2ccccc2OCc2ccccc2)cn1. The van der Waals surface area contributed by atoms with Gasteiger partial charge in [-0.2, -0.15) is 5.10 Å². The highest BCUT2D eigenvalue weighted by atomic mass is 16.5. The molecule has 0 radical (unpaired) electrons. The van der Waals surface area contributed by atoms with Crippen LogP contribution in [-0.2, 0) is 30.9 Å². The standard InChI is InChI=1S/C22H25N3O2/c1-3-25-16-19(14-23-25)15-24(2)22(26)13-20-11-7-8-12-21(20)27-17-18-9-5-4-6-10-18/h4-12,14,16H,3,13,15,17H2,1-2H3. The van der Waals surface area contributed by atoms with Crippen LogP contribution in [0.2, 0.25) is 0 Å². The van der Waals surface area contributed by atoms with Crippen LogP contribution in [0.4, 0.5) is 0 Å². The maximum absolute atomic E-state index is 12.7. The molecule has 3 rings (SSSR count). The Bertz CT molecular complexity index is 874. The number of para-hydroxylation sites is 1. The molecule has 0 fully saturated rings. The first-order chi connectivity index (χ1) is 13.2. The van der Waals surface area contributed by atoms with Gasteiger partial charge in [0.2, 0.25) is 5.91 Å². The number of carbonyl (C=O) groups is 1. The average molecular weight is 363 g/mol. The third-order valence-corrected chi connectivity index (χ3v) is 4.41. The first-order valence-corrected chi connectivity index (χ1v) is 9.15. The fourth-order valence-electron chi connectivity index (χ4n) is 2.85. The van der Waals surface area contributed by atoms with Gasteiger partial charge in [-0.1, -0.05) is 48.5 Å². The van der Waals surface area contributed by atoms with Crippen molar-refractivity contribution >= 4 is 5.91 Å². The number of likely N-dealkylation sites (N-methyl/N-ethyl adjacent to an activating group) is 1. The van der Waals surface area contributed by atoms with E-state index >= 15 is 0 Å². The van der Waals surface area contributed by atoms with Gasteiger partial charge in [-0.3, -0.25) is 9.48 Å². The quantitative estimate of drug-likeness (QED) is 0.613. The number of carbonyl (C=O) groups excluding carboxylic acids is 1. The summed E-state index contributed by atoms with van der Waals surface area (Å²) in [5, 5.41) is 4.26.